The summed E-state index contributed by atoms with van der Waals surface area (Å²) >= 11 is 0. The van der Waals surface area contributed by atoms with Crippen LogP contribution in [0.5, 0.6) is 0 Å². The first-order valence-electron chi connectivity index (χ1n) is 5.34. The number of aliphatic hydroxyl groups is 1. The molecule has 0 saturated carbocycles. The van der Waals surface area contributed by atoms with Gasteiger partial charge in [0.25, 0.3) is 0 Å². The number of benzene rings is 1. The number of alkyl halides is 3. The van der Waals surface area contributed by atoms with Crippen molar-refractivity contribution in [2.24, 2.45) is 0 Å². The Bertz CT molecular complexity index is 433. The minimum absolute atomic E-state index is 0.0415. The van der Waals surface area contributed by atoms with Crippen LogP contribution in [-0.2, 0) is 4.74 Å². The van der Waals surface area contributed by atoms with Crippen LogP contribution >= 0.6 is 0 Å². The number of methoxy groups -OCH3 is 1. The van der Waals surface area contributed by atoms with E-state index in [-0.39, 0.29) is 11.3 Å². The normalized spacial score (nSPS) is 15.1. The number of hydrogen-bond acceptors (Lipinski definition) is 2. The van der Waals surface area contributed by atoms with Crippen LogP contribution in [0.15, 0.2) is 29.8 Å². The Morgan fingerprint density at radius 2 is 1.72 bits per heavy atom. The van der Waals surface area contributed by atoms with Gasteiger partial charge >= 0.3 is 6.18 Å². The predicted octanol–water partition coefficient (Wildman–Crippen LogP) is 3.30. The number of aryl methyl sites for hydroxylation is 1. The van der Waals surface area contributed by atoms with E-state index in [4.69, 9.17) is 4.74 Å². The minimum Gasteiger partial charge on any atom is -0.496 e. The van der Waals surface area contributed by atoms with E-state index >= 15 is 0 Å². The second-order valence-electron chi connectivity index (χ2n) is 4.03. The molecule has 0 bridgehead atoms. The second-order valence-corrected chi connectivity index (χ2v) is 4.03. The van der Waals surface area contributed by atoms with Crippen LogP contribution in [0.4, 0.5) is 13.2 Å². The average molecular weight is 260 g/mol. The summed E-state index contributed by atoms with van der Waals surface area (Å²) in [6.45, 7) is 3.08. The third-order valence-corrected chi connectivity index (χ3v) is 2.60. The monoisotopic (exact) mass is 260 g/mol. The van der Waals surface area contributed by atoms with E-state index in [2.05, 4.69) is 0 Å². The fourth-order valence-corrected chi connectivity index (χ4v) is 1.58. The van der Waals surface area contributed by atoms with Crippen molar-refractivity contribution in [1.29, 1.82) is 0 Å². The number of ether oxygens (including phenoxy) is 1. The quantitative estimate of drug-likeness (QED) is 0.845. The number of aliphatic hydroxyl groups excluding tert-OH is 1. The van der Waals surface area contributed by atoms with Gasteiger partial charge in [0.2, 0.25) is 0 Å². The van der Waals surface area contributed by atoms with Gasteiger partial charge < -0.3 is 9.84 Å². The molecular formula is C13H15F3O2. The Kier molecular flexibility index (Phi) is 4.40. The lowest BCUT2D eigenvalue weighted by Crippen LogP contribution is -2.30. The van der Waals surface area contributed by atoms with Crippen molar-refractivity contribution >= 4 is 5.76 Å². The first kappa shape index (κ1) is 14.6. The number of hydrogen-bond donors (Lipinski definition) is 1. The molecule has 0 amide bonds. The van der Waals surface area contributed by atoms with Crippen LogP contribution in [0.3, 0.4) is 0 Å². The van der Waals surface area contributed by atoms with Crippen LogP contribution < -0.4 is 0 Å². The first-order valence-corrected chi connectivity index (χ1v) is 5.34. The van der Waals surface area contributed by atoms with Crippen LogP contribution in [0.25, 0.3) is 5.76 Å². The van der Waals surface area contributed by atoms with Gasteiger partial charge in [-0.25, -0.2) is 0 Å². The predicted molar refractivity (Wildman–Crippen MR) is 62.8 cm³/mol. The summed E-state index contributed by atoms with van der Waals surface area (Å²) in [5.41, 5.74) is 1.24. The van der Waals surface area contributed by atoms with Gasteiger partial charge in [-0.2, -0.15) is 13.2 Å². The van der Waals surface area contributed by atoms with Gasteiger partial charge in [0.15, 0.2) is 6.10 Å². The largest absolute Gasteiger partial charge is 0.496 e. The molecule has 0 aliphatic carbocycles. The lowest BCUT2D eigenvalue weighted by Gasteiger charge is -2.18. The topological polar surface area (TPSA) is 29.5 Å². The summed E-state index contributed by atoms with van der Waals surface area (Å²) < 4.78 is 42.3. The smallest absolute Gasteiger partial charge is 0.418 e. The maximum absolute atomic E-state index is 12.4. The lowest BCUT2D eigenvalue weighted by atomic mass is 10.0. The van der Waals surface area contributed by atoms with Gasteiger partial charge in [0.05, 0.1) is 7.11 Å². The van der Waals surface area contributed by atoms with Gasteiger partial charge in [0.1, 0.15) is 5.76 Å². The van der Waals surface area contributed by atoms with E-state index < -0.39 is 12.3 Å². The molecule has 1 aromatic carbocycles. The van der Waals surface area contributed by atoms with Crippen LogP contribution in [-0.4, -0.2) is 24.5 Å². The van der Waals surface area contributed by atoms with Crippen molar-refractivity contribution in [1.82, 2.24) is 0 Å². The maximum Gasteiger partial charge on any atom is 0.418 e. The van der Waals surface area contributed by atoms with Gasteiger partial charge in [-0.15, -0.1) is 0 Å². The van der Waals surface area contributed by atoms with Gasteiger partial charge in [-0.05, 0) is 13.8 Å². The highest BCUT2D eigenvalue weighted by Crippen LogP contribution is 2.30. The van der Waals surface area contributed by atoms with Crippen molar-refractivity contribution in [3.05, 3.63) is 41.0 Å². The minimum atomic E-state index is -4.70. The summed E-state index contributed by atoms with van der Waals surface area (Å²) in [7, 11) is 1.28. The van der Waals surface area contributed by atoms with Crippen molar-refractivity contribution in [2.75, 3.05) is 7.11 Å². The lowest BCUT2D eigenvalue weighted by molar-refractivity contribution is -0.191. The van der Waals surface area contributed by atoms with E-state index in [0.29, 0.717) is 5.56 Å². The third-order valence-electron chi connectivity index (χ3n) is 2.60. The van der Waals surface area contributed by atoms with Crippen molar-refractivity contribution in [3.8, 4) is 0 Å². The molecule has 2 nitrogen and oxygen atoms in total. The molecule has 18 heavy (non-hydrogen) atoms. The molecule has 0 radical (unpaired) electrons. The number of rotatable bonds is 3. The Balaban J connectivity index is 3.19. The molecule has 0 aliphatic rings. The van der Waals surface area contributed by atoms with Gasteiger partial charge in [0, 0.05) is 11.1 Å². The maximum atomic E-state index is 12.4. The Labute approximate surface area is 104 Å². The molecule has 1 N–H and O–H groups in total. The highest BCUT2D eigenvalue weighted by atomic mass is 19.4. The summed E-state index contributed by atoms with van der Waals surface area (Å²) in [6, 6.07) is 6.84. The molecule has 0 aliphatic heterocycles. The average Bonchev–Trinajstić information content (AvgIpc) is 2.30. The fourth-order valence-electron chi connectivity index (χ4n) is 1.58. The van der Waals surface area contributed by atoms with Gasteiger partial charge in [-0.1, -0.05) is 29.8 Å². The zero-order valence-corrected chi connectivity index (χ0v) is 10.4. The van der Waals surface area contributed by atoms with Crippen LogP contribution in [0.2, 0.25) is 0 Å². The SMILES string of the molecule is CO/C(=C(\C)C(O)C(F)(F)F)c1ccc(C)cc1. The summed E-state index contributed by atoms with van der Waals surface area (Å²) in [6.07, 6.45) is -7.22. The zero-order chi connectivity index (χ0) is 13.9. The fraction of sp³-hybridized carbons (Fsp3) is 0.385. The van der Waals surface area contributed by atoms with Crippen LogP contribution in [0.1, 0.15) is 18.1 Å². The molecule has 0 saturated heterocycles. The van der Waals surface area contributed by atoms with Crippen molar-refractivity contribution in [2.45, 2.75) is 26.1 Å². The molecule has 5 heteroatoms. The first-order chi connectivity index (χ1) is 8.27. The molecule has 1 atom stereocenters. The van der Waals surface area contributed by atoms with E-state index in [1.807, 2.05) is 6.92 Å². The molecule has 100 valence electrons. The summed E-state index contributed by atoms with van der Waals surface area (Å²) in [5, 5.41) is 9.21. The molecule has 1 unspecified atom stereocenters. The Hall–Kier alpha value is -1.49. The highest BCUT2D eigenvalue weighted by molar-refractivity contribution is 5.63. The van der Waals surface area contributed by atoms with E-state index in [1.54, 1.807) is 24.3 Å². The van der Waals surface area contributed by atoms with E-state index in [9.17, 15) is 18.3 Å². The summed E-state index contributed by atoms with van der Waals surface area (Å²) in [4.78, 5) is 0. The van der Waals surface area contributed by atoms with Gasteiger partial charge in [-0.3, -0.25) is 0 Å². The summed E-state index contributed by atoms with van der Waals surface area (Å²) in [5.74, 6) is 0.0415. The van der Waals surface area contributed by atoms with Crippen molar-refractivity contribution in [3.63, 3.8) is 0 Å². The molecule has 0 spiro atoms. The highest BCUT2D eigenvalue weighted by Gasteiger charge is 2.40. The molecule has 1 aromatic rings. The number of halogens is 3. The zero-order valence-electron chi connectivity index (χ0n) is 10.4. The molecule has 0 aromatic heterocycles. The third kappa shape index (κ3) is 3.26. The van der Waals surface area contributed by atoms with Crippen molar-refractivity contribution < 1.29 is 23.0 Å². The Morgan fingerprint density at radius 1 is 1.22 bits per heavy atom. The molecule has 0 heterocycles. The molecular weight excluding hydrogens is 245 g/mol. The molecule has 0 fully saturated rings. The van der Waals surface area contributed by atoms with E-state index in [0.717, 1.165) is 5.56 Å². The Morgan fingerprint density at radius 3 is 2.11 bits per heavy atom. The second kappa shape index (κ2) is 5.44. The molecule has 1 rings (SSSR count). The van der Waals surface area contributed by atoms with Crippen LogP contribution in [0, 0.1) is 6.92 Å². The standard InChI is InChI=1S/C13H15F3O2/c1-8-4-6-10(7-5-8)11(18-3)9(2)12(17)13(14,15)16/h4-7,12,17H,1-3H3/b11-9+. The van der Waals surface area contributed by atoms with E-state index in [1.165, 1.54) is 14.0 Å².